The van der Waals surface area contributed by atoms with E-state index in [0.29, 0.717) is 28.8 Å². The molecule has 0 aliphatic rings. The lowest BCUT2D eigenvalue weighted by Gasteiger charge is -2.16. The number of amides is 1. The van der Waals surface area contributed by atoms with Gasteiger partial charge >= 0.3 is 0 Å². The molecule has 4 nitrogen and oxygen atoms in total. The van der Waals surface area contributed by atoms with Gasteiger partial charge in [0, 0.05) is 12.0 Å². The van der Waals surface area contributed by atoms with Gasteiger partial charge in [-0.1, -0.05) is 62.6 Å². The molecule has 0 bridgehead atoms. The van der Waals surface area contributed by atoms with E-state index in [1.54, 1.807) is 20.8 Å². The van der Waals surface area contributed by atoms with Gasteiger partial charge in [0.05, 0.1) is 5.69 Å². The zero-order valence-corrected chi connectivity index (χ0v) is 19.8. The number of carbonyl (C=O) groups is 1. The van der Waals surface area contributed by atoms with Crippen molar-refractivity contribution in [2.45, 2.75) is 91.9 Å². The molecule has 0 saturated heterocycles. The SMILES string of the molecule is CCC=CCC=CCC=CCCCCCCCC(=O)Nc1c(C)c(O)c(C)c(C)c1O. The molecule has 0 atom stereocenters. The van der Waals surface area contributed by atoms with E-state index in [-0.39, 0.29) is 17.4 Å². The summed E-state index contributed by atoms with van der Waals surface area (Å²) >= 11 is 0. The maximum absolute atomic E-state index is 12.2. The number of rotatable bonds is 14. The van der Waals surface area contributed by atoms with Gasteiger partial charge in [0.15, 0.2) is 0 Å². The fourth-order valence-corrected chi connectivity index (χ4v) is 3.38. The molecule has 4 heteroatoms. The van der Waals surface area contributed by atoms with Gasteiger partial charge in [-0.2, -0.15) is 0 Å². The third-order valence-electron chi connectivity index (χ3n) is 5.56. The number of phenolic OH excluding ortho intramolecular Hbond substituents is 2. The van der Waals surface area contributed by atoms with Crippen molar-refractivity contribution in [3.8, 4) is 11.5 Å². The summed E-state index contributed by atoms with van der Waals surface area (Å²) in [5.74, 6) is 0.0417. The molecular weight excluding hydrogens is 386 g/mol. The van der Waals surface area contributed by atoms with Crippen molar-refractivity contribution in [2.24, 2.45) is 0 Å². The van der Waals surface area contributed by atoms with E-state index in [2.05, 4.69) is 48.7 Å². The maximum atomic E-state index is 12.2. The molecule has 0 unspecified atom stereocenters. The van der Waals surface area contributed by atoms with Crippen LogP contribution in [0.4, 0.5) is 5.69 Å². The second-order valence-corrected chi connectivity index (χ2v) is 8.10. The lowest BCUT2D eigenvalue weighted by molar-refractivity contribution is -0.116. The molecule has 0 aromatic heterocycles. The van der Waals surface area contributed by atoms with Gasteiger partial charge in [0.25, 0.3) is 0 Å². The van der Waals surface area contributed by atoms with Crippen LogP contribution >= 0.6 is 0 Å². The lowest BCUT2D eigenvalue weighted by atomic mass is 10.0. The van der Waals surface area contributed by atoms with Gasteiger partial charge in [-0.3, -0.25) is 4.79 Å². The van der Waals surface area contributed by atoms with Crippen LogP contribution in [0.2, 0.25) is 0 Å². The molecule has 31 heavy (non-hydrogen) atoms. The van der Waals surface area contributed by atoms with Gasteiger partial charge in [-0.25, -0.2) is 0 Å². The number of phenols is 2. The minimum atomic E-state index is -0.123. The maximum Gasteiger partial charge on any atom is 0.224 e. The normalized spacial score (nSPS) is 11.9. The molecule has 0 aliphatic carbocycles. The van der Waals surface area contributed by atoms with Crippen molar-refractivity contribution in [3.05, 3.63) is 53.1 Å². The molecule has 172 valence electrons. The number of hydrogen-bond donors (Lipinski definition) is 3. The Bertz CT molecular complexity index is 746. The first kappa shape index (κ1) is 26.5. The van der Waals surface area contributed by atoms with Crippen molar-refractivity contribution in [2.75, 3.05) is 5.32 Å². The Labute approximate surface area is 188 Å². The third-order valence-corrected chi connectivity index (χ3v) is 5.56. The van der Waals surface area contributed by atoms with Crippen LogP contribution in [0.3, 0.4) is 0 Å². The summed E-state index contributed by atoms with van der Waals surface area (Å²) in [5, 5.41) is 23.2. The van der Waals surface area contributed by atoms with E-state index in [9.17, 15) is 15.0 Å². The Morgan fingerprint density at radius 1 is 0.742 bits per heavy atom. The highest BCUT2D eigenvalue weighted by atomic mass is 16.3. The van der Waals surface area contributed by atoms with Crippen molar-refractivity contribution in [3.63, 3.8) is 0 Å². The minimum Gasteiger partial charge on any atom is -0.507 e. The van der Waals surface area contributed by atoms with Gasteiger partial charge in [-0.15, -0.1) is 0 Å². The van der Waals surface area contributed by atoms with E-state index in [1.807, 2.05) is 0 Å². The second kappa shape index (κ2) is 15.3. The topological polar surface area (TPSA) is 69.6 Å². The number of nitrogens with one attached hydrogen (secondary N) is 1. The number of anilines is 1. The Balaban J connectivity index is 2.16. The monoisotopic (exact) mass is 427 g/mol. The fraction of sp³-hybridized carbons (Fsp3) is 0.519. The summed E-state index contributed by atoms with van der Waals surface area (Å²) in [4.78, 5) is 12.2. The standard InChI is InChI=1S/C27H41NO3/c1-5-6-7-8-9-10-11-12-13-14-15-16-17-18-19-20-24(29)28-25-23(4)26(30)21(2)22(3)27(25)31/h6-7,9-10,12-13,30-31H,5,8,11,14-20H2,1-4H3,(H,28,29). The predicted octanol–water partition coefficient (Wildman–Crippen LogP) is 7.55. The summed E-state index contributed by atoms with van der Waals surface area (Å²) in [6.07, 6.45) is 23.3. The zero-order valence-electron chi connectivity index (χ0n) is 19.8. The Morgan fingerprint density at radius 3 is 1.97 bits per heavy atom. The number of allylic oxidation sites excluding steroid dienone is 6. The molecule has 0 heterocycles. The minimum absolute atomic E-state index is 0.0398. The fourth-order valence-electron chi connectivity index (χ4n) is 3.38. The van der Waals surface area contributed by atoms with Crippen LogP contribution in [0.25, 0.3) is 0 Å². The van der Waals surface area contributed by atoms with Crippen molar-refractivity contribution in [1.82, 2.24) is 0 Å². The summed E-state index contributed by atoms with van der Waals surface area (Å²) < 4.78 is 0. The van der Waals surface area contributed by atoms with E-state index >= 15 is 0 Å². The Kier molecular flexibility index (Phi) is 13.1. The van der Waals surface area contributed by atoms with Gasteiger partial charge in [-0.05, 0) is 70.4 Å². The Morgan fingerprint density at radius 2 is 1.29 bits per heavy atom. The summed E-state index contributed by atoms with van der Waals surface area (Å²) in [7, 11) is 0. The molecule has 3 N–H and O–H groups in total. The first-order valence-electron chi connectivity index (χ1n) is 11.7. The molecule has 0 radical (unpaired) electrons. The van der Waals surface area contributed by atoms with Crippen LogP contribution in [0.5, 0.6) is 11.5 Å². The molecule has 1 aromatic carbocycles. The van der Waals surface area contributed by atoms with Crippen molar-refractivity contribution < 1.29 is 15.0 Å². The smallest absolute Gasteiger partial charge is 0.224 e. The van der Waals surface area contributed by atoms with Crippen LogP contribution in [-0.4, -0.2) is 16.1 Å². The highest BCUT2D eigenvalue weighted by Gasteiger charge is 2.17. The second-order valence-electron chi connectivity index (χ2n) is 8.10. The van der Waals surface area contributed by atoms with Gasteiger partial charge < -0.3 is 15.5 Å². The summed E-state index contributed by atoms with van der Waals surface area (Å²) in [6, 6.07) is 0. The molecule has 0 saturated carbocycles. The van der Waals surface area contributed by atoms with Gasteiger partial charge in [0.1, 0.15) is 11.5 Å². The molecule has 1 amide bonds. The molecule has 0 aliphatic heterocycles. The van der Waals surface area contributed by atoms with Crippen molar-refractivity contribution in [1.29, 1.82) is 0 Å². The first-order valence-corrected chi connectivity index (χ1v) is 11.7. The number of unbranched alkanes of at least 4 members (excludes halogenated alkanes) is 5. The van der Waals surface area contributed by atoms with Gasteiger partial charge in [0.2, 0.25) is 5.91 Å². The molecule has 0 spiro atoms. The summed E-state index contributed by atoms with van der Waals surface area (Å²) in [5.41, 5.74) is 2.06. The van der Waals surface area contributed by atoms with Crippen molar-refractivity contribution >= 4 is 11.6 Å². The van der Waals surface area contributed by atoms with Crippen LogP contribution in [-0.2, 0) is 4.79 Å². The number of carbonyl (C=O) groups excluding carboxylic acids is 1. The lowest BCUT2D eigenvalue weighted by Crippen LogP contribution is -2.13. The quantitative estimate of drug-likeness (QED) is 0.124. The zero-order chi connectivity index (χ0) is 23.1. The predicted molar refractivity (Wildman–Crippen MR) is 132 cm³/mol. The van der Waals surface area contributed by atoms with E-state index in [1.165, 1.54) is 12.8 Å². The highest BCUT2D eigenvalue weighted by molar-refractivity contribution is 5.94. The van der Waals surface area contributed by atoms with Crippen LogP contribution in [0, 0.1) is 20.8 Å². The third kappa shape index (κ3) is 9.91. The average Bonchev–Trinajstić information content (AvgIpc) is 2.76. The molecule has 1 rings (SSSR count). The number of aromatic hydroxyl groups is 2. The Hall–Kier alpha value is -2.49. The van der Waals surface area contributed by atoms with Crippen LogP contribution in [0.15, 0.2) is 36.5 Å². The summed E-state index contributed by atoms with van der Waals surface area (Å²) in [6.45, 7) is 7.33. The molecule has 0 fully saturated rings. The first-order chi connectivity index (χ1) is 14.9. The number of hydrogen-bond acceptors (Lipinski definition) is 3. The molecular formula is C27H41NO3. The van der Waals surface area contributed by atoms with Crippen LogP contribution in [0.1, 0.15) is 87.8 Å². The van der Waals surface area contributed by atoms with E-state index < -0.39 is 0 Å². The molecule has 1 aromatic rings. The van der Waals surface area contributed by atoms with Crippen LogP contribution < -0.4 is 5.32 Å². The average molecular weight is 428 g/mol. The van der Waals surface area contributed by atoms with E-state index in [0.717, 1.165) is 44.9 Å². The highest BCUT2D eigenvalue weighted by Crippen LogP contribution is 2.40. The largest absolute Gasteiger partial charge is 0.507 e. The number of benzene rings is 1. The van der Waals surface area contributed by atoms with E-state index in [4.69, 9.17) is 0 Å².